The number of anilines is 1. The molecule has 2 atom stereocenters. The summed E-state index contributed by atoms with van der Waals surface area (Å²) in [6.07, 6.45) is -6.84. The van der Waals surface area contributed by atoms with Crippen LogP contribution in [0.4, 0.5) is 27.6 Å². The molecule has 1 aliphatic rings. The van der Waals surface area contributed by atoms with Gasteiger partial charge in [0.15, 0.2) is 11.6 Å². The lowest BCUT2D eigenvalue weighted by molar-refractivity contribution is -0.339. The molecule has 0 aliphatic carbocycles. The van der Waals surface area contributed by atoms with Gasteiger partial charge in [-0.2, -0.15) is 4.39 Å². The number of ether oxygens (including phenoxy) is 2. The third-order valence-corrected chi connectivity index (χ3v) is 3.39. The fourth-order valence-electron chi connectivity index (χ4n) is 2.51. The maximum Gasteiger partial charge on any atom is 0.522 e. The van der Waals surface area contributed by atoms with Crippen molar-refractivity contribution in [3.05, 3.63) is 23.8 Å². The van der Waals surface area contributed by atoms with Crippen LogP contribution in [0.15, 0.2) is 12.1 Å². The number of alkyl halides is 3. The average Bonchev–Trinajstić information content (AvgIpc) is 2.83. The van der Waals surface area contributed by atoms with Gasteiger partial charge >= 0.3 is 12.3 Å². The third kappa shape index (κ3) is 3.63. The van der Waals surface area contributed by atoms with Crippen LogP contribution < -0.4 is 9.64 Å². The predicted molar refractivity (Wildman–Crippen MR) is 67.2 cm³/mol. The fourth-order valence-corrected chi connectivity index (χ4v) is 2.51. The molecule has 1 aliphatic heterocycles. The molecule has 10 heteroatoms. The van der Waals surface area contributed by atoms with E-state index in [0.29, 0.717) is 0 Å². The minimum Gasteiger partial charge on any atom is -0.491 e. The molecule has 1 aromatic rings. The second-order valence-electron chi connectivity index (χ2n) is 4.84. The van der Waals surface area contributed by atoms with Crippen molar-refractivity contribution in [2.45, 2.75) is 24.9 Å². The molecule has 1 saturated heterocycles. The molecular weight excluding hydrogens is 329 g/mol. The van der Waals surface area contributed by atoms with Gasteiger partial charge in [-0.3, -0.25) is 4.74 Å². The van der Waals surface area contributed by atoms with Gasteiger partial charge in [0.05, 0.1) is 18.9 Å². The molecule has 0 radical (unpaired) electrons. The molecule has 0 amide bonds. The standard InChI is InChI=1S/C13H12F5NO4/c1-22-11-8(3-2-7(14)10(11)15)19-5-6(23-13(16,17)18)4-9(19)12(20)21/h2-3,6,9H,4-5H2,1H3,(H,20,21)/t6-,9+/m1/s1. The van der Waals surface area contributed by atoms with Gasteiger partial charge in [-0.15, -0.1) is 13.2 Å². The van der Waals surface area contributed by atoms with E-state index in [1.807, 2.05) is 0 Å². The Morgan fingerprint density at radius 1 is 1.35 bits per heavy atom. The Hall–Kier alpha value is -2.10. The number of hydrogen-bond acceptors (Lipinski definition) is 4. The number of carboxylic acids is 1. The monoisotopic (exact) mass is 341 g/mol. The van der Waals surface area contributed by atoms with E-state index in [9.17, 15) is 26.7 Å². The number of methoxy groups -OCH3 is 1. The molecule has 0 unspecified atom stereocenters. The Labute approximate surface area is 127 Å². The first-order valence-corrected chi connectivity index (χ1v) is 6.40. The molecule has 0 spiro atoms. The highest BCUT2D eigenvalue weighted by Gasteiger charge is 2.44. The summed E-state index contributed by atoms with van der Waals surface area (Å²) in [5.41, 5.74) is -0.160. The lowest BCUT2D eigenvalue weighted by atomic mass is 10.2. The second-order valence-corrected chi connectivity index (χ2v) is 4.84. The van der Waals surface area contributed by atoms with Crippen LogP contribution in [0.25, 0.3) is 0 Å². The minimum atomic E-state index is -4.93. The topological polar surface area (TPSA) is 59.0 Å². The number of benzene rings is 1. The van der Waals surface area contributed by atoms with Crippen molar-refractivity contribution in [1.29, 1.82) is 0 Å². The van der Waals surface area contributed by atoms with Gasteiger partial charge in [-0.05, 0) is 12.1 Å². The smallest absolute Gasteiger partial charge is 0.491 e. The first kappa shape index (κ1) is 17.3. The highest BCUT2D eigenvalue weighted by Crippen LogP contribution is 2.38. The summed E-state index contributed by atoms with van der Waals surface area (Å²) in [5.74, 6) is -4.57. The van der Waals surface area contributed by atoms with Crippen LogP contribution in [0, 0.1) is 11.6 Å². The molecule has 128 valence electrons. The molecule has 1 heterocycles. The van der Waals surface area contributed by atoms with Crippen molar-refractivity contribution >= 4 is 11.7 Å². The molecule has 5 nitrogen and oxygen atoms in total. The molecule has 23 heavy (non-hydrogen) atoms. The second kappa shape index (κ2) is 6.19. The van der Waals surface area contributed by atoms with Gasteiger partial charge in [-0.25, -0.2) is 9.18 Å². The summed E-state index contributed by atoms with van der Waals surface area (Å²) in [6.45, 7) is -0.460. The van der Waals surface area contributed by atoms with Gasteiger partial charge in [0.1, 0.15) is 6.04 Å². The Balaban J connectivity index is 2.37. The molecular formula is C13H12F5NO4. The summed E-state index contributed by atoms with van der Waals surface area (Å²) in [5, 5.41) is 9.16. The van der Waals surface area contributed by atoms with Gasteiger partial charge in [0, 0.05) is 13.0 Å². The van der Waals surface area contributed by atoms with Crippen LogP contribution in [0.5, 0.6) is 5.75 Å². The molecule has 2 rings (SSSR count). The Kier molecular flexibility index (Phi) is 4.64. The Morgan fingerprint density at radius 2 is 2.00 bits per heavy atom. The van der Waals surface area contributed by atoms with E-state index >= 15 is 0 Å². The van der Waals surface area contributed by atoms with Crippen molar-refractivity contribution in [3.8, 4) is 5.75 Å². The van der Waals surface area contributed by atoms with E-state index in [-0.39, 0.29) is 5.69 Å². The lowest BCUT2D eigenvalue weighted by Gasteiger charge is -2.25. The normalized spacial score (nSPS) is 21.6. The van der Waals surface area contributed by atoms with E-state index < -0.39 is 54.8 Å². The molecule has 0 saturated carbocycles. The molecule has 1 N–H and O–H groups in total. The quantitative estimate of drug-likeness (QED) is 0.853. The zero-order chi connectivity index (χ0) is 17.4. The maximum atomic E-state index is 13.7. The van der Waals surface area contributed by atoms with Gasteiger partial charge < -0.3 is 14.7 Å². The van der Waals surface area contributed by atoms with Crippen LogP contribution in [0.1, 0.15) is 6.42 Å². The Bertz CT molecular complexity index is 607. The fraction of sp³-hybridized carbons (Fsp3) is 0.462. The maximum absolute atomic E-state index is 13.7. The number of hydrogen-bond donors (Lipinski definition) is 1. The van der Waals surface area contributed by atoms with Gasteiger partial charge in [0.25, 0.3) is 0 Å². The summed E-state index contributed by atoms with van der Waals surface area (Å²) in [6, 6.07) is 0.397. The average molecular weight is 341 g/mol. The van der Waals surface area contributed by atoms with Crippen molar-refractivity contribution in [2.75, 3.05) is 18.6 Å². The van der Waals surface area contributed by atoms with Gasteiger partial charge in [0.2, 0.25) is 5.82 Å². The highest BCUT2D eigenvalue weighted by molar-refractivity contribution is 5.80. The summed E-state index contributed by atoms with van der Waals surface area (Å²) >= 11 is 0. The van der Waals surface area contributed by atoms with E-state index in [1.54, 1.807) is 0 Å². The zero-order valence-corrected chi connectivity index (χ0v) is 11.7. The first-order chi connectivity index (χ1) is 10.6. The van der Waals surface area contributed by atoms with E-state index in [1.165, 1.54) is 0 Å². The largest absolute Gasteiger partial charge is 0.522 e. The molecule has 0 aromatic heterocycles. The molecule has 1 fully saturated rings. The molecule has 0 bridgehead atoms. The van der Waals surface area contributed by atoms with Crippen LogP contribution >= 0.6 is 0 Å². The number of rotatable bonds is 4. The van der Waals surface area contributed by atoms with Crippen LogP contribution in [-0.2, 0) is 9.53 Å². The van der Waals surface area contributed by atoms with Crippen molar-refractivity contribution in [3.63, 3.8) is 0 Å². The number of aliphatic carboxylic acids is 1. The van der Waals surface area contributed by atoms with E-state index in [2.05, 4.69) is 4.74 Å². The summed E-state index contributed by atoms with van der Waals surface area (Å²) in [7, 11) is 1.04. The van der Waals surface area contributed by atoms with Crippen LogP contribution in [0.2, 0.25) is 0 Å². The summed E-state index contributed by atoms with van der Waals surface area (Å²) < 4.78 is 72.4. The number of nitrogens with zero attached hydrogens (tertiary/aromatic N) is 1. The predicted octanol–water partition coefficient (Wildman–Crippen LogP) is 2.54. The minimum absolute atomic E-state index is 0.160. The lowest BCUT2D eigenvalue weighted by Crippen LogP contribution is -2.36. The number of carbonyl (C=O) groups is 1. The highest BCUT2D eigenvalue weighted by atomic mass is 19.4. The summed E-state index contributed by atoms with van der Waals surface area (Å²) in [4.78, 5) is 12.2. The SMILES string of the molecule is COc1c(N2C[C@H](OC(F)(F)F)C[C@H]2C(=O)O)ccc(F)c1F. The first-order valence-electron chi connectivity index (χ1n) is 6.40. The third-order valence-electron chi connectivity index (χ3n) is 3.39. The molecule has 1 aromatic carbocycles. The Morgan fingerprint density at radius 3 is 2.52 bits per heavy atom. The van der Waals surface area contributed by atoms with E-state index in [4.69, 9.17) is 9.84 Å². The zero-order valence-electron chi connectivity index (χ0n) is 11.7. The van der Waals surface area contributed by atoms with E-state index in [0.717, 1.165) is 24.1 Å². The van der Waals surface area contributed by atoms with Crippen molar-refractivity contribution in [1.82, 2.24) is 0 Å². The van der Waals surface area contributed by atoms with Crippen LogP contribution in [0.3, 0.4) is 0 Å². The van der Waals surface area contributed by atoms with Crippen LogP contribution in [-0.4, -0.2) is 43.2 Å². The van der Waals surface area contributed by atoms with Gasteiger partial charge in [-0.1, -0.05) is 0 Å². The number of halogens is 5. The number of carboxylic acid groups (broad SMARTS) is 1. The van der Waals surface area contributed by atoms with Crippen molar-refractivity contribution in [2.24, 2.45) is 0 Å². The van der Waals surface area contributed by atoms with Crippen molar-refractivity contribution < 1.29 is 41.3 Å².